The van der Waals surface area contributed by atoms with Gasteiger partial charge in [-0.25, -0.2) is 0 Å². The Balaban J connectivity index is 2.16. The molecule has 3 aliphatic rings. The molecule has 0 unspecified atom stereocenters. The Morgan fingerprint density at radius 2 is 1.14 bits per heavy atom. The molecule has 0 amide bonds. The normalized spacial score (nSPS) is 65.7. The van der Waals surface area contributed by atoms with Gasteiger partial charge in [-0.3, -0.25) is 0 Å². The van der Waals surface area contributed by atoms with Crippen molar-refractivity contribution in [3.8, 4) is 0 Å². The molecule has 0 atom stereocenters. The van der Waals surface area contributed by atoms with E-state index in [2.05, 4.69) is 0 Å². The smallest absolute Gasteiger partial charge is 0.0666 e. The van der Waals surface area contributed by atoms with Crippen LogP contribution >= 0.6 is 0 Å². The van der Waals surface area contributed by atoms with Gasteiger partial charge in [-0.15, -0.1) is 0 Å². The van der Waals surface area contributed by atoms with Crippen LogP contribution in [0.1, 0.15) is 19.3 Å². The molecule has 0 aromatic rings. The highest BCUT2D eigenvalue weighted by atomic mass is 14.6. The fourth-order valence-corrected chi connectivity index (χ4v) is 1.95. The molecule has 4 radical (unpaired) electrons. The predicted molar refractivity (Wildman–Crippen MR) is 30.7 cm³/mol. The first-order valence-corrected chi connectivity index (χ1v) is 2.70. The highest BCUT2D eigenvalue weighted by molar-refractivity contribution is 6.26. The number of rotatable bonds is 0. The van der Waals surface area contributed by atoms with Gasteiger partial charge in [0.25, 0.3) is 0 Å². The van der Waals surface area contributed by atoms with E-state index in [9.17, 15) is 0 Å². The molecule has 32 valence electrons. The van der Waals surface area contributed by atoms with E-state index >= 15 is 0 Å². The first kappa shape index (κ1) is 4.05. The van der Waals surface area contributed by atoms with Gasteiger partial charge in [-0.2, -0.15) is 0 Å². The molecule has 0 spiro atoms. The average Bonchev–Trinajstić information content (AvgIpc) is 1.27. The van der Waals surface area contributed by atoms with Gasteiger partial charge >= 0.3 is 0 Å². The third kappa shape index (κ3) is 0.318. The Hall–Kier alpha value is 0.130. The monoisotopic (exact) mass is 88.1 g/mol. The van der Waals surface area contributed by atoms with E-state index in [1.165, 1.54) is 0 Å². The Kier molecular flexibility index (Phi) is 0.408. The molecule has 2 bridgehead atoms. The second kappa shape index (κ2) is 0.705. The summed E-state index contributed by atoms with van der Waals surface area (Å²) in [6.45, 7) is 0. The summed E-state index contributed by atoms with van der Waals surface area (Å²) in [6.07, 6.45) is 3.21. The van der Waals surface area contributed by atoms with Crippen LogP contribution < -0.4 is 0 Å². The molecule has 0 N–H and O–H groups in total. The fourth-order valence-electron chi connectivity index (χ4n) is 1.95. The third-order valence-electron chi connectivity index (χ3n) is 2.11. The van der Waals surface area contributed by atoms with Gasteiger partial charge in [0.2, 0.25) is 0 Å². The highest BCUT2D eigenvalue weighted by Crippen LogP contribution is 2.80. The second-order valence-electron chi connectivity index (χ2n) is 3.26. The summed E-state index contributed by atoms with van der Waals surface area (Å²) in [5.41, 5.74) is 0. The maximum atomic E-state index is 5.69. The topological polar surface area (TPSA) is 0 Å². The lowest BCUT2D eigenvalue weighted by molar-refractivity contribution is 0.0624. The molecule has 0 nitrogen and oxygen atoms in total. The molecule has 3 fully saturated rings. The molecule has 0 aliphatic heterocycles. The van der Waals surface area contributed by atoms with Crippen molar-refractivity contribution in [1.29, 1.82) is 0 Å². The van der Waals surface area contributed by atoms with Crippen molar-refractivity contribution in [2.45, 2.75) is 29.9 Å². The van der Waals surface area contributed by atoms with E-state index < -0.39 is 0 Å². The highest BCUT2D eigenvalue weighted by Gasteiger charge is 2.60. The fraction of sp³-hybridized carbons (Fsp3) is 1.00. The first-order valence-electron chi connectivity index (χ1n) is 2.70. The van der Waals surface area contributed by atoms with E-state index in [0.717, 1.165) is 19.3 Å². The predicted octanol–water partition coefficient (Wildman–Crippen LogP) is 0.838. The summed E-state index contributed by atoms with van der Waals surface area (Å²) in [5, 5.41) is 0.406. The van der Waals surface area contributed by atoms with E-state index in [-0.39, 0.29) is 10.6 Å². The van der Waals surface area contributed by atoms with Crippen molar-refractivity contribution in [2.24, 2.45) is 0 Å². The maximum Gasteiger partial charge on any atom is 0.0746 e. The van der Waals surface area contributed by atoms with E-state index in [0.29, 0.717) is 0 Å². The molecule has 0 heterocycles. The summed E-state index contributed by atoms with van der Waals surface area (Å²) >= 11 is 0. The Labute approximate surface area is 46.5 Å². The molecule has 7 heavy (non-hydrogen) atoms. The molecular formula is C5H6B2. The molecule has 3 rings (SSSR count). The summed E-state index contributed by atoms with van der Waals surface area (Å²) in [5.74, 6) is 0. The van der Waals surface area contributed by atoms with Gasteiger partial charge in [0, 0.05) is 0 Å². The Morgan fingerprint density at radius 1 is 0.857 bits per heavy atom. The zero-order chi connectivity index (χ0) is 5.12. The van der Waals surface area contributed by atoms with Gasteiger partial charge in [0.1, 0.15) is 0 Å². The van der Waals surface area contributed by atoms with Gasteiger partial charge in [0.15, 0.2) is 0 Å². The van der Waals surface area contributed by atoms with Crippen molar-refractivity contribution >= 4 is 15.7 Å². The van der Waals surface area contributed by atoms with Crippen LogP contribution in [0, 0.1) is 0 Å². The first-order chi connectivity index (χ1) is 3.12. The standard InChI is InChI=1S/C5H6B2/c6-4-1-5(7,2-4)3-4/h1-3H2. The van der Waals surface area contributed by atoms with E-state index in [1.807, 2.05) is 0 Å². The lowest BCUT2D eigenvalue weighted by Crippen LogP contribution is -2.51. The van der Waals surface area contributed by atoms with Crippen LogP contribution in [0.25, 0.3) is 0 Å². The molecule has 3 saturated carbocycles. The minimum Gasteiger partial charge on any atom is -0.0666 e. The number of hydrogen-bond acceptors (Lipinski definition) is 0. The van der Waals surface area contributed by atoms with Crippen LogP contribution in [-0.4, -0.2) is 15.7 Å². The van der Waals surface area contributed by atoms with Crippen LogP contribution in [0.4, 0.5) is 0 Å². The van der Waals surface area contributed by atoms with Crippen molar-refractivity contribution in [3.05, 3.63) is 0 Å². The minimum absolute atomic E-state index is 0.203. The van der Waals surface area contributed by atoms with Crippen molar-refractivity contribution in [3.63, 3.8) is 0 Å². The van der Waals surface area contributed by atoms with Gasteiger partial charge in [0.05, 0.1) is 15.7 Å². The van der Waals surface area contributed by atoms with Gasteiger partial charge in [-0.05, 0) is 0 Å². The SMILES string of the molecule is [B]C12CC([B])(C1)C2. The Bertz CT molecular complexity index is 87.5. The van der Waals surface area contributed by atoms with Gasteiger partial charge in [-0.1, -0.05) is 29.9 Å². The molecule has 0 aromatic carbocycles. The molecule has 3 aliphatic carbocycles. The van der Waals surface area contributed by atoms with E-state index in [4.69, 9.17) is 15.7 Å². The van der Waals surface area contributed by atoms with Crippen molar-refractivity contribution < 1.29 is 0 Å². The molecular weight excluding hydrogens is 81.7 g/mol. The minimum atomic E-state index is 0.203. The van der Waals surface area contributed by atoms with Crippen LogP contribution in [0.5, 0.6) is 0 Å². The lowest BCUT2D eigenvalue weighted by atomic mass is 9.23. The summed E-state index contributed by atoms with van der Waals surface area (Å²) in [6, 6.07) is 0. The Morgan fingerprint density at radius 3 is 1.14 bits per heavy atom. The summed E-state index contributed by atoms with van der Waals surface area (Å²) in [4.78, 5) is 0. The lowest BCUT2D eigenvalue weighted by Gasteiger charge is -2.70. The third-order valence-corrected chi connectivity index (χ3v) is 2.11. The summed E-state index contributed by atoms with van der Waals surface area (Å²) in [7, 11) is 11.4. The van der Waals surface area contributed by atoms with E-state index in [1.54, 1.807) is 0 Å². The van der Waals surface area contributed by atoms with Gasteiger partial charge < -0.3 is 0 Å². The zero-order valence-corrected chi connectivity index (χ0v) is 4.28. The molecule has 2 heteroatoms. The quantitative estimate of drug-likeness (QED) is 0.384. The van der Waals surface area contributed by atoms with Crippen LogP contribution in [-0.2, 0) is 0 Å². The van der Waals surface area contributed by atoms with Crippen LogP contribution in [0.2, 0.25) is 10.6 Å². The van der Waals surface area contributed by atoms with Crippen LogP contribution in [0.3, 0.4) is 0 Å². The second-order valence-corrected chi connectivity index (χ2v) is 3.26. The van der Waals surface area contributed by atoms with Crippen molar-refractivity contribution in [1.82, 2.24) is 0 Å². The number of hydrogen-bond donors (Lipinski definition) is 0. The maximum absolute atomic E-state index is 5.69. The zero-order valence-electron chi connectivity index (χ0n) is 4.28. The largest absolute Gasteiger partial charge is 0.0746 e. The summed E-state index contributed by atoms with van der Waals surface area (Å²) < 4.78 is 0. The van der Waals surface area contributed by atoms with Crippen LogP contribution in [0.15, 0.2) is 0 Å². The molecule has 0 saturated heterocycles. The van der Waals surface area contributed by atoms with Crippen molar-refractivity contribution in [2.75, 3.05) is 0 Å². The average molecular weight is 87.7 g/mol. The molecule has 0 aromatic heterocycles.